The van der Waals surface area contributed by atoms with Gasteiger partial charge in [0.15, 0.2) is 0 Å². The van der Waals surface area contributed by atoms with Crippen LogP contribution in [0, 0.1) is 0 Å². The number of halogens is 1. The molecule has 0 aromatic carbocycles. The first kappa shape index (κ1) is 10.2. The first-order valence-electron chi connectivity index (χ1n) is 4.65. The van der Waals surface area contributed by atoms with Crippen LogP contribution in [0.3, 0.4) is 0 Å². The highest BCUT2D eigenvalue weighted by Gasteiger charge is 2.29. The molecule has 1 unspecified atom stereocenters. The van der Waals surface area contributed by atoms with Crippen molar-refractivity contribution in [1.82, 2.24) is 4.98 Å². The number of aromatic nitrogens is 1. The average Bonchev–Trinajstić information content (AvgIpc) is 2.58. The summed E-state index contributed by atoms with van der Waals surface area (Å²) < 4.78 is 4.99. The lowest BCUT2D eigenvalue weighted by molar-refractivity contribution is -0.117. The molecule has 1 amide bonds. The molecule has 0 aliphatic carbocycles. The van der Waals surface area contributed by atoms with E-state index in [1.165, 1.54) is 0 Å². The Kier molecular flexibility index (Phi) is 2.77. The Hall–Kier alpha value is -1.29. The second-order valence-electron chi connectivity index (χ2n) is 3.36. The van der Waals surface area contributed by atoms with Gasteiger partial charge in [0.05, 0.1) is 18.2 Å². The van der Waals surface area contributed by atoms with Gasteiger partial charge in [0.2, 0.25) is 11.8 Å². The Balaban J connectivity index is 2.25. The quantitative estimate of drug-likeness (QED) is 0.717. The highest BCUT2D eigenvalue weighted by Crippen LogP contribution is 2.25. The van der Waals surface area contributed by atoms with Crippen LogP contribution in [0.25, 0.3) is 0 Å². The highest BCUT2D eigenvalue weighted by atomic mass is 35.5. The number of pyridine rings is 1. The molecule has 0 bridgehead atoms. The fraction of sp³-hybridized carbons (Fsp3) is 0.400. The molecule has 4 nitrogen and oxygen atoms in total. The molecular weight excluding hydrogens is 216 g/mol. The predicted octanol–water partition coefficient (Wildman–Crippen LogP) is 1.43. The van der Waals surface area contributed by atoms with Crippen LogP contribution in [-0.4, -0.2) is 29.9 Å². The van der Waals surface area contributed by atoms with Crippen LogP contribution in [0.2, 0.25) is 0 Å². The van der Waals surface area contributed by atoms with E-state index in [4.69, 9.17) is 16.3 Å². The molecule has 0 spiro atoms. The number of ether oxygens (including phenoxy) is 1. The van der Waals surface area contributed by atoms with Crippen LogP contribution in [0.15, 0.2) is 18.3 Å². The van der Waals surface area contributed by atoms with Gasteiger partial charge in [0.25, 0.3) is 0 Å². The Morgan fingerprint density at radius 2 is 2.47 bits per heavy atom. The molecule has 1 saturated heterocycles. The molecule has 1 aromatic rings. The largest absolute Gasteiger partial charge is 0.481 e. The summed E-state index contributed by atoms with van der Waals surface area (Å²) >= 11 is 5.92. The molecular formula is C10H11ClN2O2. The highest BCUT2D eigenvalue weighted by molar-refractivity contribution is 6.24. The third kappa shape index (κ3) is 2.04. The summed E-state index contributed by atoms with van der Waals surface area (Å²) in [4.78, 5) is 17.2. The normalized spacial score (nSPS) is 20.8. The third-order valence-corrected chi connectivity index (χ3v) is 2.61. The van der Waals surface area contributed by atoms with Crippen molar-refractivity contribution in [2.24, 2.45) is 0 Å². The maximum atomic E-state index is 11.6. The van der Waals surface area contributed by atoms with Crippen LogP contribution in [0.4, 0.5) is 5.69 Å². The molecule has 2 rings (SSSR count). The zero-order chi connectivity index (χ0) is 10.8. The number of nitrogens with zero attached hydrogens (tertiary/aromatic N) is 2. The summed E-state index contributed by atoms with van der Waals surface area (Å²) in [5.74, 6) is 0.543. The molecule has 15 heavy (non-hydrogen) atoms. The van der Waals surface area contributed by atoms with E-state index in [1.54, 1.807) is 30.3 Å². The molecule has 0 saturated carbocycles. The van der Waals surface area contributed by atoms with E-state index in [-0.39, 0.29) is 11.3 Å². The minimum atomic E-state index is -0.100. The summed E-state index contributed by atoms with van der Waals surface area (Å²) in [5, 5.41) is -0.100. The van der Waals surface area contributed by atoms with Crippen LogP contribution >= 0.6 is 11.6 Å². The number of alkyl halides is 1. The second-order valence-corrected chi connectivity index (χ2v) is 3.98. The van der Waals surface area contributed by atoms with E-state index in [2.05, 4.69) is 4.98 Å². The molecule has 0 N–H and O–H groups in total. The van der Waals surface area contributed by atoms with Gasteiger partial charge >= 0.3 is 0 Å². The molecule has 1 aliphatic rings. The fourth-order valence-electron chi connectivity index (χ4n) is 1.59. The van der Waals surface area contributed by atoms with Gasteiger partial charge in [-0.15, -0.1) is 11.6 Å². The third-order valence-electron chi connectivity index (χ3n) is 2.32. The van der Waals surface area contributed by atoms with Crippen molar-refractivity contribution in [1.29, 1.82) is 0 Å². The lowest BCUT2D eigenvalue weighted by Crippen LogP contribution is -2.24. The summed E-state index contributed by atoms with van der Waals surface area (Å²) in [6.07, 6.45) is 2.01. The second kappa shape index (κ2) is 4.06. The molecule has 2 heterocycles. The maximum absolute atomic E-state index is 11.6. The van der Waals surface area contributed by atoms with Gasteiger partial charge in [-0.2, -0.15) is 0 Å². The molecule has 1 aromatic heterocycles. The van der Waals surface area contributed by atoms with Crippen LogP contribution in [0.1, 0.15) is 6.42 Å². The number of methoxy groups -OCH3 is 1. The van der Waals surface area contributed by atoms with E-state index in [9.17, 15) is 4.79 Å². The number of hydrogen-bond donors (Lipinski definition) is 0. The minimum absolute atomic E-state index is 0.0447. The average molecular weight is 227 g/mol. The van der Waals surface area contributed by atoms with E-state index >= 15 is 0 Å². The van der Waals surface area contributed by atoms with Gasteiger partial charge in [0, 0.05) is 25.2 Å². The first-order chi connectivity index (χ1) is 7.20. The zero-order valence-electron chi connectivity index (χ0n) is 8.31. The number of carbonyl (C=O) groups excluding carboxylic acids is 1. The van der Waals surface area contributed by atoms with Crippen molar-refractivity contribution < 1.29 is 9.53 Å². The smallest absolute Gasteiger partial charge is 0.228 e. The molecule has 1 atom stereocenters. The summed E-state index contributed by atoms with van der Waals surface area (Å²) in [6.45, 7) is 0.549. The van der Waals surface area contributed by atoms with E-state index in [1.807, 2.05) is 0 Å². The van der Waals surface area contributed by atoms with Crippen molar-refractivity contribution in [2.45, 2.75) is 11.8 Å². The van der Waals surface area contributed by atoms with Gasteiger partial charge in [-0.1, -0.05) is 0 Å². The lowest BCUT2D eigenvalue weighted by atomic mass is 10.3. The Labute approximate surface area is 92.8 Å². The van der Waals surface area contributed by atoms with Crippen LogP contribution in [-0.2, 0) is 4.79 Å². The SMILES string of the molecule is COc1cc(N2CC(Cl)CC2=O)ccn1. The van der Waals surface area contributed by atoms with Crippen molar-refractivity contribution in [3.05, 3.63) is 18.3 Å². The number of hydrogen-bond acceptors (Lipinski definition) is 3. The van der Waals surface area contributed by atoms with Crippen LogP contribution in [0.5, 0.6) is 5.88 Å². The molecule has 1 fully saturated rings. The lowest BCUT2D eigenvalue weighted by Gasteiger charge is -2.15. The topological polar surface area (TPSA) is 42.4 Å². The maximum Gasteiger partial charge on any atom is 0.228 e. The number of rotatable bonds is 2. The summed E-state index contributed by atoms with van der Waals surface area (Å²) in [5.41, 5.74) is 0.787. The van der Waals surface area contributed by atoms with E-state index in [0.717, 1.165) is 5.69 Å². The van der Waals surface area contributed by atoms with Crippen molar-refractivity contribution in [3.63, 3.8) is 0 Å². The molecule has 5 heteroatoms. The standard InChI is InChI=1S/C10H11ClN2O2/c1-15-9-5-8(2-3-12-9)13-6-7(11)4-10(13)14/h2-3,5,7H,4,6H2,1H3. The minimum Gasteiger partial charge on any atom is -0.481 e. The molecule has 80 valence electrons. The zero-order valence-corrected chi connectivity index (χ0v) is 9.07. The number of anilines is 1. The molecule has 0 radical (unpaired) electrons. The summed E-state index contributed by atoms with van der Waals surface area (Å²) in [7, 11) is 1.54. The van der Waals surface area contributed by atoms with Gasteiger partial charge < -0.3 is 9.64 Å². The van der Waals surface area contributed by atoms with Crippen LogP contribution < -0.4 is 9.64 Å². The Morgan fingerprint density at radius 1 is 1.67 bits per heavy atom. The van der Waals surface area contributed by atoms with Crippen molar-refractivity contribution >= 4 is 23.2 Å². The predicted molar refractivity (Wildman–Crippen MR) is 57.4 cm³/mol. The van der Waals surface area contributed by atoms with E-state index in [0.29, 0.717) is 18.8 Å². The van der Waals surface area contributed by atoms with Crippen molar-refractivity contribution in [3.8, 4) is 5.88 Å². The Bertz CT molecular complexity index is 383. The van der Waals surface area contributed by atoms with Gasteiger partial charge in [0.1, 0.15) is 0 Å². The summed E-state index contributed by atoms with van der Waals surface area (Å²) in [6, 6.07) is 3.50. The number of carbonyl (C=O) groups is 1. The monoisotopic (exact) mass is 226 g/mol. The molecule has 1 aliphatic heterocycles. The van der Waals surface area contributed by atoms with Gasteiger partial charge in [-0.3, -0.25) is 4.79 Å². The fourth-order valence-corrected chi connectivity index (χ4v) is 1.86. The van der Waals surface area contributed by atoms with E-state index < -0.39 is 0 Å². The van der Waals surface area contributed by atoms with Gasteiger partial charge in [-0.05, 0) is 6.07 Å². The first-order valence-corrected chi connectivity index (χ1v) is 5.09. The Morgan fingerprint density at radius 3 is 3.07 bits per heavy atom. The van der Waals surface area contributed by atoms with Gasteiger partial charge in [-0.25, -0.2) is 4.98 Å². The van der Waals surface area contributed by atoms with Crippen molar-refractivity contribution in [2.75, 3.05) is 18.6 Å². The number of amides is 1.